The average Bonchev–Trinajstić information content (AvgIpc) is 3.16. The predicted octanol–water partition coefficient (Wildman–Crippen LogP) is 3.73. The van der Waals surface area contributed by atoms with Crippen LogP contribution in [0.25, 0.3) is 0 Å². The number of nitrogens with one attached hydrogen (secondary N) is 2. The normalized spacial score (nSPS) is 27.2. The third kappa shape index (κ3) is 5.95. The minimum Gasteiger partial charge on any atom is -0.480 e. The summed E-state index contributed by atoms with van der Waals surface area (Å²) in [6, 6.07) is 0. The van der Waals surface area contributed by atoms with Crippen molar-refractivity contribution < 1.29 is 28.8 Å². The van der Waals surface area contributed by atoms with E-state index >= 15 is 0 Å². The maximum atomic E-state index is 13.4. The Morgan fingerprint density at radius 1 is 1.17 bits per heavy atom. The van der Waals surface area contributed by atoms with E-state index in [0.717, 1.165) is 25.0 Å². The summed E-state index contributed by atoms with van der Waals surface area (Å²) in [5.41, 5.74) is -1.15. The zero-order valence-electron chi connectivity index (χ0n) is 21.0. The van der Waals surface area contributed by atoms with Gasteiger partial charge >= 0.3 is 5.97 Å². The van der Waals surface area contributed by atoms with Crippen LogP contribution in [0.5, 0.6) is 5.88 Å². The van der Waals surface area contributed by atoms with Crippen LogP contribution in [-0.4, -0.2) is 52.5 Å². The standard InChI is InChI=1S/C25H37N3O6S/c1-14(2)12-35-20-19(21(31)27-25-8-15-5-16(9-25)7-17(6-15)10-25)34-28-22(20)33-13-24(3,4)23(32)26-11-18(29)30/h14-17H,5-13H2,1-4H3,(H,26,32)(H,27,31)(H,29,30). The van der Waals surface area contributed by atoms with Crippen molar-refractivity contribution in [2.75, 3.05) is 18.9 Å². The molecule has 1 heterocycles. The highest BCUT2D eigenvalue weighted by molar-refractivity contribution is 7.99. The first-order valence-corrected chi connectivity index (χ1v) is 13.5. The van der Waals surface area contributed by atoms with E-state index < -0.39 is 23.8 Å². The molecule has 2 amide bonds. The molecule has 35 heavy (non-hydrogen) atoms. The zero-order valence-corrected chi connectivity index (χ0v) is 21.8. The molecule has 5 rings (SSSR count). The Hall–Kier alpha value is -2.23. The van der Waals surface area contributed by atoms with Crippen molar-refractivity contribution >= 4 is 29.5 Å². The molecule has 194 valence electrons. The molecule has 10 heteroatoms. The summed E-state index contributed by atoms with van der Waals surface area (Å²) in [7, 11) is 0. The van der Waals surface area contributed by atoms with Crippen LogP contribution in [-0.2, 0) is 9.59 Å². The van der Waals surface area contributed by atoms with Crippen LogP contribution in [0.4, 0.5) is 0 Å². The number of ether oxygens (including phenoxy) is 1. The third-order valence-corrected chi connectivity index (χ3v) is 8.87. The maximum absolute atomic E-state index is 13.4. The molecule has 4 bridgehead atoms. The maximum Gasteiger partial charge on any atom is 0.322 e. The second kappa shape index (κ2) is 10.0. The molecule has 0 aliphatic heterocycles. The molecule has 4 saturated carbocycles. The Labute approximate surface area is 210 Å². The van der Waals surface area contributed by atoms with E-state index in [4.69, 9.17) is 14.4 Å². The number of carbonyl (C=O) groups excluding carboxylic acids is 2. The van der Waals surface area contributed by atoms with E-state index in [9.17, 15) is 14.4 Å². The van der Waals surface area contributed by atoms with Gasteiger partial charge in [0.15, 0.2) is 0 Å². The lowest BCUT2D eigenvalue weighted by atomic mass is 9.53. The fraction of sp³-hybridized carbons (Fsp3) is 0.760. The average molecular weight is 508 g/mol. The Bertz CT molecular complexity index is 937. The quantitative estimate of drug-likeness (QED) is 0.386. The summed E-state index contributed by atoms with van der Waals surface area (Å²) in [6.45, 7) is 6.99. The summed E-state index contributed by atoms with van der Waals surface area (Å²) in [5, 5.41) is 18.6. The number of hydrogen-bond acceptors (Lipinski definition) is 7. The topological polar surface area (TPSA) is 131 Å². The molecule has 3 N–H and O–H groups in total. The van der Waals surface area contributed by atoms with Crippen LogP contribution in [0, 0.1) is 29.1 Å². The summed E-state index contributed by atoms with van der Waals surface area (Å²) >= 11 is 1.46. The van der Waals surface area contributed by atoms with Crippen LogP contribution in [0.15, 0.2) is 9.42 Å². The first-order chi connectivity index (χ1) is 16.5. The Kier molecular flexibility index (Phi) is 7.41. The van der Waals surface area contributed by atoms with Gasteiger partial charge in [0.25, 0.3) is 11.8 Å². The number of carboxylic acid groups (broad SMARTS) is 1. The number of aliphatic carboxylic acids is 1. The van der Waals surface area contributed by atoms with Gasteiger partial charge in [0.2, 0.25) is 11.7 Å². The van der Waals surface area contributed by atoms with E-state index in [0.29, 0.717) is 28.6 Å². The number of hydrogen-bond donors (Lipinski definition) is 3. The van der Waals surface area contributed by atoms with Gasteiger partial charge in [0.1, 0.15) is 18.0 Å². The zero-order chi connectivity index (χ0) is 25.4. The molecule has 0 atom stereocenters. The highest BCUT2D eigenvalue weighted by Crippen LogP contribution is 2.55. The molecule has 1 aromatic heterocycles. The highest BCUT2D eigenvalue weighted by atomic mass is 32.2. The van der Waals surface area contributed by atoms with Crippen molar-refractivity contribution in [3.8, 4) is 5.88 Å². The Morgan fingerprint density at radius 2 is 1.77 bits per heavy atom. The van der Waals surface area contributed by atoms with Crippen molar-refractivity contribution in [2.45, 2.75) is 76.7 Å². The molecule has 4 aliphatic rings. The van der Waals surface area contributed by atoms with Gasteiger partial charge in [-0.15, -0.1) is 11.8 Å². The number of amides is 2. The van der Waals surface area contributed by atoms with Gasteiger partial charge in [0, 0.05) is 11.3 Å². The van der Waals surface area contributed by atoms with Crippen molar-refractivity contribution in [3.05, 3.63) is 5.76 Å². The SMILES string of the molecule is CC(C)CSc1c(OCC(C)(C)C(=O)NCC(=O)O)noc1C(=O)NC12CC3CC(CC(C3)C1)C2. The summed E-state index contributed by atoms with van der Waals surface area (Å²) in [5.74, 6) is 1.78. The molecular formula is C25H37N3O6S. The van der Waals surface area contributed by atoms with Crippen LogP contribution < -0.4 is 15.4 Å². The van der Waals surface area contributed by atoms with E-state index in [-0.39, 0.29) is 29.7 Å². The fourth-order valence-electron chi connectivity index (χ4n) is 6.15. The molecule has 4 aliphatic carbocycles. The molecular weight excluding hydrogens is 470 g/mol. The van der Waals surface area contributed by atoms with E-state index in [1.165, 1.54) is 31.0 Å². The third-order valence-electron chi connectivity index (χ3n) is 7.39. The molecule has 0 unspecified atom stereocenters. The molecule has 0 saturated heterocycles. The van der Waals surface area contributed by atoms with Gasteiger partial charge in [-0.1, -0.05) is 13.8 Å². The van der Waals surface area contributed by atoms with E-state index in [1.807, 2.05) is 0 Å². The minimum absolute atomic E-state index is 0.0454. The van der Waals surface area contributed by atoms with Crippen LogP contribution in [0.2, 0.25) is 0 Å². The first kappa shape index (κ1) is 25.9. The van der Waals surface area contributed by atoms with Crippen molar-refractivity contribution in [2.24, 2.45) is 29.1 Å². The minimum atomic E-state index is -1.12. The van der Waals surface area contributed by atoms with Gasteiger partial charge in [0.05, 0.1) is 5.41 Å². The smallest absolute Gasteiger partial charge is 0.322 e. The largest absolute Gasteiger partial charge is 0.480 e. The molecule has 1 aromatic rings. The van der Waals surface area contributed by atoms with Gasteiger partial charge in [-0.05, 0) is 81.2 Å². The number of nitrogens with zero attached hydrogens (tertiary/aromatic N) is 1. The Balaban J connectivity index is 1.47. The second-order valence-corrected chi connectivity index (χ2v) is 12.8. The molecule has 4 fully saturated rings. The Morgan fingerprint density at radius 3 is 2.31 bits per heavy atom. The monoisotopic (exact) mass is 507 g/mol. The second-order valence-electron chi connectivity index (χ2n) is 11.8. The number of rotatable bonds is 11. The molecule has 0 radical (unpaired) electrons. The summed E-state index contributed by atoms with van der Waals surface area (Å²) < 4.78 is 11.4. The molecule has 9 nitrogen and oxygen atoms in total. The van der Waals surface area contributed by atoms with E-state index in [2.05, 4.69) is 29.6 Å². The van der Waals surface area contributed by atoms with Gasteiger partial charge < -0.3 is 25.0 Å². The van der Waals surface area contributed by atoms with Crippen molar-refractivity contribution in [1.29, 1.82) is 0 Å². The molecule has 0 aromatic carbocycles. The number of carbonyl (C=O) groups is 3. The van der Waals surface area contributed by atoms with Crippen LogP contribution in [0.1, 0.15) is 76.8 Å². The lowest BCUT2D eigenvalue weighted by molar-refractivity contribution is -0.140. The van der Waals surface area contributed by atoms with Crippen molar-refractivity contribution in [3.63, 3.8) is 0 Å². The lowest BCUT2D eigenvalue weighted by Crippen LogP contribution is -2.59. The molecule has 0 spiro atoms. The summed E-state index contributed by atoms with van der Waals surface area (Å²) in [6.07, 6.45) is 6.99. The van der Waals surface area contributed by atoms with Crippen LogP contribution in [0.3, 0.4) is 0 Å². The number of aromatic nitrogens is 1. The predicted molar refractivity (Wildman–Crippen MR) is 130 cm³/mol. The fourth-order valence-corrected chi connectivity index (χ4v) is 7.13. The van der Waals surface area contributed by atoms with Crippen molar-refractivity contribution in [1.82, 2.24) is 15.8 Å². The number of carboxylic acids is 1. The van der Waals surface area contributed by atoms with Gasteiger partial charge in [-0.2, -0.15) is 0 Å². The lowest BCUT2D eigenvalue weighted by Gasteiger charge is -2.56. The van der Waals surface area contributed by atoms with E-state index in [1.54, 1.807) is 13.8 Å². The highest BCUT2D eigenvalue weighted by Gasteiger charge is 2.52. The number of thioether (sulfide) groups is 1. The summed E-state index contributed by atoms with van der Waals surface area (Å²) in [4.78, 5) is 37.1. The van der Waals surface area contributed by atoms with Gasteiger partial charge in [-0.25, -0.2) is 0 Å². The first-order valence-electron chi connectivity index (χ1n) is 12.5. The van der Waals surface area contributed by atoms with Gasteiger partial charge in [-0.3, -0.25) is 14.4 Å². The van der Waals surface area contributed by atoms with Crippen LogP contribution >= 0.6 is 11.8 Å².